The van der Waals surface area contributed by atoms with Crippen molar-refractivity contribution in [3.05, 3.63) is 0 Å². The van der Waals surface area contributed by atoms with Crippen molar-refractivity contribution in [1.29, 1.82) is 0 Å². The van der Waals surface area contributed by atoms with E-state index in [2.05, 4.69) is 25.9 Å². The Morgan fingerprint density at radius 3 is 2.18 bits per heavy atom. The second kappa shape index (κ2) is 3.57. The maximum Gasteiger partial charge on any atom is 0.00319 e. The Labute approximate surface area is 70.8 Å². The number of rotatable bonds is 4. The van der Waals surface area contributed by atoms with Gasteiger partial charge in [0, 0.05) is 6.54 Å². The van der Waals surface area contributed by atoms with E-state index in [0.29, 0.717) is 0 Å². The van der Waals surface area contributed by atoms with Gasteiger partial charge in [0.25, 0.3) is 0 Å². The van der Waals surface area contributed by atoms with Gasteiger partial charge in [0.1, 0.15) is 0 Å². The smallest absolute Gasteiger partial charge is 0.00319 e. The van der Waals surface area contributed by atoms with Crippen LogP contribution in [0, 0.1) is 5.41 Å². The fourth-order valence-electron chi connectivity index (χ4n) is 2.37. The van der Waals surface area contributed by atoms with Crippen molar-refractivity contribution in [2.75, 3.05) is 20.6 Å². The summed E-state index contributed by atoms with van der Waals surface area (Å²) < 4.78 is 0. The van der Waals surface area contributed by atoms with E-state index < -0.39 is 0 Å². The van der Waals surface area contributed by atoms with Gasteiger partial charge in [-0.1, -0.05) is 19.8 Å². The highest BCUT2D eigenvalue weighted by molar-refractivity contribution is 4.88. The first-order valence-electron chi connectivity index (χ1n) is 4.83. The van der Waals surface area contributed by atoms with Crippen LogP contribution in [0.15, 0.2) is 0 Å². The van der Waals surface area contributed by atoms with Crippen molar-refractivity contribution >= 4 is 0 Å². The lowest BCUT2D eigenvalue weighted by atomic mass is 9.66. The lowest BCUT2D eigenvalue weighted by molar-refractivity contribution is 0.0776. The van der Waals surface area contributed by atoms with Crippen molar-refractivity contribution < 1.29 is 0 Å². The largest absolute Gasteiger partial charge is 0.309 e. The average Bonchev–Trinajstić information content (AvgIpc) is 1.82. The minimum Gasteiger partial charge on any atom is -0.309 e. The Kier molecular flexibility index (Phi) is 2.94. The summed E-state index contributed by atoms with van der Waals surface area (Å²) in [6.07, 6.45) is 7.20. The van der Waals surface area contributed by atoms with E-state index in [0.717, 1.165) is 5.41 Å². The van der Waals surface area contributed by atoms with Crippen LogP contribution in [-0.2, 0) is 0 Å². The van der Waals surface area contributed by atoms with Crippen LogP contribution in [0.25, 0.3) is 0 Å². The van der Waals surface area contributed by atoms with Gasteiger partial charge < -0.3 is 4.90 Å². The molecule has 0 radical (unpaired) electrons. The molecule has 0 aromatic carbocycles. The highest BCUT2D eigenvalue weighted by Crippen LogP contribution is 2.44. The summed E-state index contributed by atoms with van der Waals surface area (Å²) in [5.74, 6) is 0. The normalized spacial score (nSPS) is 21.8. The second-order valence-electron chi connectivity index (χ2n) is 4.34. The number of hydrogen-bond acceptors (Lipinski definition) is 1. The predicted octanol–water partition coefficient (Wildman–Crippen LogP) is 2.52. The van der Waals surface area contributed by atoms with Crippen LogP contribution in [0.4, 0.5) is 0 Å². The maximum atomic E-state index is 2.34. The van der Waals surface area contributed by atoms with Crippen LogP contribution >= 0.6 is 0 Å². The van der Waals surface area contributed by atoms with Gasteiger partial charge in [-0.25, -0.2) is 0 Å². The van der Waals surface area contributed by atoms with Gasteiger partial charge in [-0.15, -0.1) is 0 Å². The van der Waals surface area contributed by atoms with E-state index in [1.807, 2.05) is 0 Å². The third-order valence-electron chi connectivity index (χ3n) is 2.85. The topological polar surface area (TPSA) is 3.24 Å². The first kappa shape index (κ1) is 9.05. The van der Waals surface area contributed by atoms with E-state index >= 15 is 0 Å². The summed E-state index contributed by atoms with van der Waals surface area (Å²) in [6, 6.07) is 0. The van der Waals surface area contributed by atoms with Crippen molar-refractivity contribution in [3.63, 3.8) is 0 Å². The van der Waals surface area contributed by atoms with E-state index in [-0.39, 0.29) is 0 Å². The van der Waals surface area contributed by atoms with Crippen molar-refractivity contribution in [3.8, 4) is 0 Å². The van der Waals surface area contributed by atoms with Crippen LogP contribution < -0.4 is 0 Å². The molecule has 0 amide bonds. The molecule has 1 nitrogen and oxygen atoms in total. The van der Waals surface area contributed by atoms with Crippen LogP contribution in [0.1, 0.15) is 39.0 Å². The maximum absolute atomic E-state index is 2.34. The van der Waals surface area contributed by atoms with Gasteiger partial charge in [-0.2, -0.15) is 0 Å². The molecule has 0 heterocycles. The molecule has 1 saturated carbocycles. The molecule has 0 aromatic rings. The third-order valence-corrected chi connectivity index (χ3v) is 2.85. The summed E-state index contributed by atoms with van der Waals surface area (Å²) in [5, 5.41) is 0. The Morgan fingerprint density at radius 1 is 1.27 bits per heavy atom. The SMILES string of the molecule is CCCC1(CN(C)C)CCC1. The molecule has 0 aromatic heterocycles. The van der Waals surface area contributed by atoms with Gasteiger partial charge in [-0.3, -0.25) is 0 Å². The Bertz CT molecular complexity index is 114. The molecule has 0 spiro atoms. The first-order chi connectivity index (χ1) is 5.18. The van der Waals surface area contributed by atoms with E-state index in [9.17, 15) is 0 Å². The lowest BCUT2D eigenvalue weighted by Crippen LogP contribution is -2.39. The quantitative estimate of drug-likeness (QED) is 0.603. The standard InChI is InChI=1S/C10H21N/c1-4-6-10(7-5-8-10)9-11(2)3/h4-9H2,1-3H3. The Morgan fingerprint density at radius 2 is 1.91 bits per heavy atom. The zero-order valence-electron chi connectivity index (χ0n) is 8.19. The number of nitrogens with zero attached hydrogens (tertiary/aromatic N) is 1. The van der Waals surface area contributed by atoms with Gasteiger partial charge in [0.05, 0.1) is 0 Å². The second-order valence-corrected chi connectivity index (χ2v) is 4.34. The molecule has 66 valence electrons. The Balaban J connectivity index is 2.33. The first-order valence-corrected chi connectivity index (χ1v) is 4.83. The molecule has 1 rings (SSSR count). The molecule has 1 fully saturated rings. The Hall–Kier alpha value is -0.0400. The average molecular weight is 155 g/mol. The zero-order chi connectivity index (χ0) is 8.32. The van der Waals surface area contributed by atoms with Crippen molar-refractivity contribution in [2.45, 2.75) is 39.0 Å². The number of hydrogen-bond donors (Lipinski definition) is 0. The fourth-order valence-corrected chi connectivity index (χ4v) is 2.37. The molecule has 1 heteroatoms. The monoisotopic (exact) mass is 155 g/mol. The zero-order valence-corrected chi connectivity index (χ0v) is 8.19. The van der Waals surface area contributed by atoms with E-state index in [1.165, 1.54) is 38.6 Å². The highest BCUT2D eigenvalue weighted by atomic mass is 15.1. The van der Waals surface area contributed by atoms with E-state index in [4.69, 9.17) is 0 Å². The molecule has 0 bridgehead atoms. The molecule has 0 saturated heterocycles. The summed E-state index contributed by atoms with van der Waals surface area (Å²) >= 11 is 0. The molecule has 0 unspecified atom stereocenters. The van der Waals surface area contributed by atoms with Crippen molar-refractivity contribution in [1.82, 2.24) is 4.90 Å². The molecular formula is C10H21N. The summed E-state index contributed by atoms with van der Waals surface area (Å²) in [4.78, 5) is 2.34. The van der Waals surface area contributed by atoms with Crippen LogP contribution in [-0.4, -0.2) is 25.5 Å². The van der Waals surface area contributed by atoms with Crippen LogP contribution in [0.3, 0.4) is 0 Å². The van der Waals surface area contributed by atoms with Crippen molar-refractivity contribution in [2.24, 2.45) is 5.41 Å². The van der Waals surface area contributed by atoms with E-state index in [1.54, 1.807) is 0 Å². The summed E-state index contributed by atoms with van der Waals surface area (Å²) in [7, 11) is 4.38. The van der Waals surface area contributed by atoms with Crippen LogP contribution in [0.5, 0.6) is 0 Å². The van der Waals surface area contributed by atoms with Gasteiger partial charge in [0.15, 0.2) is 0 Å². The summed E-state index contributed by atoms with van der Waals surface area (Å²) in [6.45, 7) is 3.61. The molecule has 0 atom stereocenters. The molecule has 1 aliphatic rings. The highest BCUT2D eigenvalue weighted by Gasteiger charge is 2.35. The fraction of sp³-hybridized carbons (Fsp3) is 1.00. The molecular weight excluding hydrogens is 134 g/mol. The molecule has 0 aliphatic heterocycles. The predicted molar refractivity (Wildman–Crippen MR) is 49.7 cm³/mol. The third kappa shape index (κ3) is 2.19. The van der Waals surface area contributed by atoms with Gasteiger partial charge in [0.2, 0.25) is 0 Å². The summed E-state index contributed by atoms with van der Waals surface area (Å²) in [5.41, 5.74) is 0.720. The van der Waals surface area contributed by atoms with Gasteiger partial charge >= 0.3 is 0 Å². The molecule has 1 aliphatic carbocycles. The molecule has 0 N–H and O–H groups in total. The lowest BCUT2D eigenvalue weighted by Gasteiger charge is -2.43. The van der Waals surface area contributed by atoms with Gasteiger partial charge in [-0.05, 0) is 38.8 Å². The minimum absolute atomic E-state index is 0.720. The van der Waals surface area contributed by atoms with Crippen LogP contribution in [0.2, 0.25) is 0 Å². The molecule has 11 heavy (non-hydrogen) atoms. The minimum atomic E-state index is 0.720.